The molecule has 0 atom stereocenters. The van der Waals surface area contributed by atoms with Crippen LogP contribution in [0.2, 0.25) is 0 Å². The predicted molar refractivity (Wildman–Crippen MR) is 30.9 cm³/mol. The van der Waals surface area contributed by atoms with Crippen molar-refractivity contribution in [2.75, 3.05) is 5.84 Å². The second kappa shape index (κ2) is 1.69. The average molecular weight is 110 g/mol. The molecule has 0 saturated heterocycles. The molecule has 0 aliphatic heterocycles. The molecular weight excluding hydrogens is 104 g/mol. The van der Waals surface area contributed by atoms with Crippen molar-refractivity contribution in [3.05, 3.63) is 34.7 Å². The van der Waals surface area contributed by atoms with Crippen molar-refractivity contribution in [3.63, 3.8) is 0 Å². The summed E-state index contributed by atoms with van der Waals surface area (Å²) in [5, 5.41) is 0. The highest BCUT2D eigenvalue weighted by Crippen LogP contribution is 1.70. The minimum Gasteiger partial charge on any atom is -0.340 e. The Bertz CT molecular complexity index is 208. The molecule has 1 rings (SSSR count). The normalized spacial score (nSPS) is 9.00. The first-order valence-corrected chi connectivity index (χ1v) is 2.22. The first kappa shape index (κ1) is 4.90. The van der Waals surface area contributed by atoms with Crippen LogP contribution >= 0.6 is 0 Å². The van der Waals surface area contributed by atoms with Crippen LogP contribution in [0.15, 0.2) is 29.3 Å². The topological polar surface area (TPSA) is 48.0 Å². The Kier molecular flexibility index (Phi) is 1.04. The van der Waals surface area contributed by atoms with Gasteiger partial charge < -0.3 is 5.84 Å². The van der Waals surface area contributed by atoms with Gasteiger partial charge in [-0.05, 0) is 0 Å². The molecule has 0 aromatic carbocycles. The van der Waals surface area contributed by atoms with Crippen molar-refractivity contribution in [2.24, 2.45) is 0 Å². The Morgan fingerprint density at radius 1 is 1.38 bits per heavy atom. The quantitative estimate of drug-likeness (QED) is 0.460. The summed E-state index contributed by atoms with van der Waals surface area (Å²) >= 11 is 0. The molecule has 0 fully saturated rings. The molecule has 0 bridgehead atoms. The van der Waals surface area contributed by atoms with Crippen LogP contribution in [0, 0.1) is 0 Å². The fourth-order valence-electron chi connectivity index (χ4n) is 0.424. The van der Waals surface area contributed by atoms with E-state index in [1.165, 1.54) is 29.2 Å². The van der Waals surface area contributed by atoms with E-state index < -0.39 is 0 Å². The third-order valence-electron chi connectivity index (χ3n) is 0.822. The maximum Gasteiger partial charge on any atom is 0.181 e. The minimum absolute atomic E-state index is 0.0216. The van der Waals surface area contributed by atoms with Crippen molar-refractivity contribution < 1.29 is 0 Å². The van der Waals surface area contributed by atoms with Crippen molar-refractivity contribution in [3.8, 4) is 0 Å². The molecule has 1 aromatic heterocycles. The van der Waals surface area contributed by atoms with Gasteiger partial charge in [0.25, 0.3) is 0 Å². The Balaban J connectivity index is 3.22. The lowest BCUT2D eigenvalue weighted by Crippen LogP contribution is -2.10. The summed E-state index contributed by atoms with van der Waals surface area (Å²) in [5.74, 6) is 5.20. The number of nitrogens with zero attached hydrogens (tertiary/aromatic N) is 1. The van der Waals surface area contributed by atoms with E-state index in [1.807, 2.05) is 0 Å². The molecule has 3 nitrogen and oxygen atoms in total. The van der Waals surface area contributed by atoms with Gasteiger partial charge in [-0.1, -0.05) is 0 Å². The number of nitrogens with two attached hydrogens (primary N) is 1. The maximum atomic E-state index is 10.4. The van der Waals surface area contributed by atoms with Crippen LogP contribution in [-0.2, 0) is 0 Å². The zero-order valence-electron chi connectivity index (χ0n) is 4.24. The fraction of sp³-hybridized carbons (Fsp3) is 0. The SMILES string of the molecule is Nn1ccc(=O)cc1. The molecule has 1 heterocycles. The van der Waals surface area contributed by atoms with Crippen LogP contribution in [0.5, 0.6) is 0 Å². The lowest BCUT2D eigenvalue weighted by molar-refractivity contribution is 0.983. The third kappa shape index (κ3) is 0.872. The second-order valence-electron chi connectivity index (χ2n) is 1.48. The minimum atomic E-state index is -0.0216. The summed E-state index contributed by atoms with van der Waals surface area (Å²) in [6.45, 7) is 0. The van der Waals surface area contributed by atoms with E-state index in [-0.39, 0.29) is 5.43 Å². The van der Waals surface area contributed by atoms with Gasteiger partial charge in [0.1, 0.15) is 0 Å². The molecule has 0 aliphatic rings. The molecule has 0 aliphatic carbocycles. The van der Waals surface area contributed by atoms with Crippen molar-refractivity contribution in [1.29, 1.82) is 0 Å². The number of hydrogen-bond acceptors (Lipinski definition) is 2. The smallest absolute Gasteiger partial charge is 0.181 e. The second-order valence-corrected chi connectivity index (χ2v) is 1.48. The molecule has 0 unspecified atom stereocenters. The number of aromatic nitrogens is 1. The van der Waals surface area contributed by atoms with Gasteiger partial charge in [0.15, 0.2) is 5.43 Å². The summed E-state index contributed by atoms with van der Waals surface area (Å²) in [5.41, 5.74) is -0.0216. The number of pyridine rings is 1. The van der Waals surface area contributed by atoms with Gasteiger partial charge in [-0.3, -0.25) is 9.47 Å². The van der Waals surface area contributed by atoms with Crippen LogP contribution in [-0.4, -0.2) is 4.68 Å². The maximum absolute atomic E-state index is 10.4. The van der Waals surface area contributed by atoms with E-state index in [2.05, 4.69) is 0 Å². The van der Waals surface area contributed by atoms with E-state index in [0.29, 0.717) is 0 Å². The van der Waals surface area contributed by atoms with Gasteiger partial charge >= 0.3 is 0 Å². The zero-order chi connectivity index (χ0) is 5.98. The molecule has 0 amide bonds. The van der Waals surface area contributed by atoms with Gasteiger partial charge in [0.05, 0.1) is 0 Å². The van der Waals surface area contributed by atoms with Crippen LogP contribution < -0.4 is 11.3 Å². The van der Waals surface area contributed by atoms with E-state index in [1.54, 1.807) is 0 Å². The van der Waals surface area contributed by atoms with Crippen LogP contribution in [0.1, 0.15) is 0 Å². The Morgan fingerprint density at radius 2 is 1.88 bits per heavy atom. The summed E-state index contributed by atoms with van der Waals surface area (Å²) in [6.07, 6.45) is 3.00. The molecule has 2 N–H and O–H groups in total. The lowest BCUT2D eigenvalue weighted by Gasteiger charge is -1.90. The number of nitrogen functional groups attached to an aromatic ring is 1. The Morgan fingerprint density at radius 3 is 2.25 bits per heavy atom. The van der Waals surface area contributed by atoms with E-state index in [0.717, 1.165) is 0 Å². The van der Waals surface area contributed by atoms with Gasteiger partial charge in [-0.2, -0.15) is 0 Å². The summed E-state index contributed by atoms with van der Waals surface area (Å²) < 4.78 is 1.32. The largest absolute Gasteiger partial charge is 0.340 e. The zero-order valence-corrected chi connectivity index (χ0v) is 4.24. The van der Waals surface area contributed by atoms with Gasteiger partial charge in [-0.15, -0.1) is 0 Å². The highest BCUT2D eigenvalue weighted by Gasteiger charge is 1.77. The van der Waals surface area contributed by atoms with Crippen molar-refractivity contribution >= 4 is 0 Å². The summed E-state index contributed by atoms with van der Waals surface area (Å²) in [7, 11) is 0. The highest BCUT2D eigenvalue weighted by molar-refractivity contribution is 4.92. The van der Waals surface area contributed by atoms with Crippen molar-refractivity contribution in [2.45, 2.75) is 0 Å². The molecule has 42 valence electrons. The molecule has 0 spiro atoms. The van der Waals surface area contributed by atoms with E-state index in [4.69, 9.17) is 5.84 Å². The van der Waals surface area contributed by atoms with E-state index in [9.17, 15) is 4.79 Å². The summed E-state index contributed by atoms with van der Waals surface area (Å²) in [4.78, 5) is 10.4. The molecular formula is C5H6N2O. The van der Waals surface area contributed by atoms with Gasteiger partial charge in [0, 0.05) is 24.5 Å². The Hall–Kier alpha value is -1.25. The molecule has 0 saturated carbocycles. The Labute approximate surface area is 46.3 Å². The lowest BCUT2D eigenvalue weighted by atomic mass is 10.5. The standard InChI is InChI=1S/C5H6N2O/c6-7-3-1-5(8)2-4-7/h1-4H,6H2. The monoisotopic (exact) mass is 110 g/mol. The van der Waals surface area contributed by atoms with Crippen LogP contribution in [0.25, 0.3) is 0 Å². The molecule has 8 heavy (non-hydrogen) atoms. The van der Waals surface area contributed by atoms with Gasteiger partial charge in [0.2, 0.25) is 0 Å². The predicted octanol–water partition coefficient (Wildman–Crippen LogP) is -0.438. The fourth-order valence-corrected chi connectivity index (χ4v) is 0.424. The summed E-state index contributed by atoms with van der Waals surface area (Å²) in [6, 6.07) is 2.81. The average Bonchev–Trinajstić information content (AvgIpc) is 1.77. The first-order chi connectivity index (χ1) is 3.79. The van der Waals surface area contributed by atoms with Crippen LogP contribution in [0.3, 0.4) is 0 Å². The molecule has 0 radical (unpaired) electrons. The van der Waals surface area contributed by atoms with Crippen molar-refractivity contribution in [1.82, 2.24) is 4.68 Å². The number of hydrogen-bond donors (Lipinski definition) is 1. The molecule has 1 aromatic rings. The van der Waals surface area contributed by atoms with Crippen LogP contribution in [0.4, 0.5) is 0 Å². The number of rotatable bonds is 0. The van der Waals surface area contributed by atoms with E-state index >= 15 is 0 Å². The van der Waals surface area contributed by atoms with Gasteiger partial charge in [-0.25, -0.2) is 0 Å². The highest BCUT2D eigenvalue weighted by atomic mass is 16.1. The third-order valence-corrected chi connectivity index (χ3v) is 0.822. The first-order valence-electron chi connectivity index (χ1n) is 2.22. The molecule has 3 heteroatoms.